The third kappa shape index (κ3) is 4.00. The van der Waals surface area contributed by atoms with Crippen molar-refractivity contribution in [2.75, 3.05) is 13.1 Å². The number of imidazole rings is 1. The van der Waals surface area contributed by atoms with Crippen molar-refractivity contribution in [3.63, 3.8) is 0 Å². The van der Waals surface area contributed by atoms with Gasteiger partial charge in [0.1, 0.15) is 5.82 Å². The van der Waals surface area contributed by atoms with E-state index in [1.807, 2.05) is 6.07 Å². The van der Waals surface area contributed by atoms with Crippen molar-refractivity contribution in [3.05, 3.63) is 57.7 Å². The van der Waals surface area contributed by atoms with Gasteiger partial charge >= 0.3 is 6.03 Å². The van der Waals surface area contributed by atoms with Gasteiger partial charge in [0.05, 0.1) is 24.6 Å². The lowest BCUT2D eigenvalue weighted by Crippen LogP contribution is -2.36. The van der Waals surface area contributed by atoms with Crippen molar-refractivity contribution in [1.29, 1.82) is 0 Å². The van der Waals surface area contributed by atoms with Crippen LogP contribution in [0.15, 0.2) is 30.3 Å². The van der Waals surface area contributed by atoms with Gasteiger partial charge in [-0.1, -0.05) is 35.2 Å². The molecule has 1 aromatic carbocycles. The Kier molecular flexibility index (Phi) is 5.31. The van der Waals surface area contributed by atoms with Crippen molar-refractivity contribution in [2.45, 2.75) is 19.0 Å². The minimum atomic E-state index is -0.604. The van der Waals surface area contributed by atoms with E-state index in [-0.39, 0.29) is 30.8 Å². The number of urea groups is 1. The monoisotopic (exact) mass is 431 g/mol. The van der Waals surface area contributed by atoms with Gasteiger partial charge in [-0.25, -0.2) is 9.78 Å². The van der Waals surface area contributed by atoms with Gasteiger partial charge in [-0.05, 0) is 36.2 Å². The number of hydrogen-bond donors (Lipinski definition) is 1. The number of aromatic amines is 1. The van der Waals surface area contributed by atoms with E-state index in [2.05, 4.69) is 20.9 Å². The van der Waals surface area contributed by atoms with Crippen LogP contribution in [0.25, 0.3) is 11.2 Å². The minimum absolute atomic E-state index is 0.142. The number of hydrogen-bond acceptors (Lipinski definition) is 3. The molecule has 0 radical (unpaired) electrons. The molecule has 9 heteroatoms. The van der Waals surface area contributed by atoms with Crippen LogP contribution in [0.4, 0.5) is 9.18 Å². The summed E-state index contributed by atoms with van der Waals surface area (Å²) in [4.78, 5) is 27.3. The van der Waals surface area contributed by atoms with Gasteiger partial charge in [-0.2, -0.15) is 9.37 Å². The largest absolute Gasteiger partial charge is 0.339 e. The second-order valence-electron chi connectivity index (χ2n) is 6.78. The summed E-state index contributed by atoms with van der Waals surface area (Å²) in [5, 5.41) is 1.10. The molecule has 0 bridgehead atoms. The van der Waals surface area contributed by atoms with Crippen LogP contribution in [-0.4, -0.2) is 49.9 Å². The highest BCUT2D eigenvalue weighted by Crippen LogP contribution is 2.26. The zero-order chi connectivity index (χ0) is 20.5. The van der Waals surface area contributed by atoms with Gasteiger partial charge in [0, 0.05) is 16.6 Å². The maximum absolute atomic E-state index is 13.3. The average molecular weight is 432 g/mol. The maximum Gasteiger partial charge on any atom is 0.321 e. The first-order valence-electron chi connectivity index (χ1n) is 8.88. The standard InChI is InChI=1S/C20H16Cl2FN5O/c1-2-7-28-14(8-12-3-4-13(21)9-15(12)22)10-27(20(28)29)11-18-24-16-5-6-17(23)25-19(16)26-18/h1,3-6,9,14H,7-8,10-11H2,(H,24,25,26). The van der Waals surface area contributed by atoms with Crippen molar-refractivity contribution >= 4 is 40.4 Å². The number of nitrogens with one attached hydrogen (secondary N) is 1. The number of carbonyl (C=O) groups excluding carboxylic acids is 1. The fourth-order valence-electron chi connectivity index (χ4n) is 3.49. The van der Waals surface area contributed by atoms with Gasteiger partial charge in [-0.3, -0.25) is 0 Å². The van der Waals surface area contributed by atoms with Crippen LogP contribution < -0.4 is 0 Å². The predicted octanol–water partition coefficient (Wildman–Crippen LogP) is 3.89. The molecule has 1 fully saturated rings. The van der Waals surface area contributed by atoms with Crippen molar-refractivity contribution in [3.8, 4) is 12.3 Å². The Balaban J connectivity index is 1.54. The third-order valence-corrected chi connectivity index (χ3v) is 5.41. The fourth-order valence-corrected chi connectivity index (χ4v) is 3.97. The van der Waals surface area contributed by atoms with Gasteiger partial charge < -0.3 is 14.8 Å². The first-order valence-corrected chi connectivity index (χ1v) is 9.64. The van der Waals surface area contributed by atoms with E-state index < -0.39 is 5.95 Å². The number of aromatic nitrogens is 3. The molecule has 1 saturated heterocycles. The average Bonchev–Trinajstić information content (AvgIpc) is 3.19. The number of pyridine rings is 1. The van der Waals surface area contributed by atoms with Crippen LogP contribution in [0, 0.1) is 18.3 Å². The van der Waals surface area contributed by atoms with Crippen molar-refractivity contribution in [1.82, 2.24) is 24.8 Å². The normalized spacial score (nSPS) is 16.6. The van der Waals surface area contributed by atoms with Gasteiger partial charge in [-0.15, -0.1) is 6.42 Å². The summed E-state index contributed by atoms with van der Waals surface area (Å²) in [6, 6.07) is 7.80. The Labute approximate surface area is 176 Å². The molecule has 1 N–H and O–H groups in total. The van der Waals surface area contributed by atoms with E-state index in [0.717, 1.165) is 5.56 Å². The van der Waals surface area contributed by atoms with Gasteiger partial charge in [0.15, 0.2) is 5.65 Å². The Bertz CT molecular complexity index is 1130. The second-order valence-corrected chi connectivity index (χ2v) is 7.62. The molecule has 1 unspecified atom stereocenters. The smallest absolute Gasteiger partial charge is 0.321 e. The molecule has 2 amide bonds. The Morgan fingerprint density at radius 1 is 1.28 bits per heavy atom. The van der Waals surface area contributed by atoms with Crippen molar-refractivity contribution in [2.24, 2.45) is 0 Å². The molecule has 0 aliphatic carbocycles. The zero-order valence-electron chi connectivity index (χ0n) is 15.2. The van der Waals surface area contributed by atoms with E-state index >= 15 is 0 Å². The first kappa shape index (κ1) is 19.5. The summed E-state index contributed by atoms with van der Waals surface area (Å²) in [5.41, 5.74) is 1.77. The summed E-state index contributed by atoms with van der Waals surface area (Å²) in [5.74, 6) is 2.46. The Morgan fingerprint density at radius 3 is 2.86 bits per heavy atom. The Hall–Kier alpha value is -2.82. The predicted molar refractivity (Wildman–Crippen MR) is 109 cm³/mol. The number of nitrogens with zero attached hydrogens (tertiary/aromatic N) is 4. The molecule has 4 rings (SSSR count). The lowest BCUT2D eigenvalue weighted by Gasteiger charge is -2.21. The number of H-pyrrole nitrogens is 1. The molecule has 6 nitrogen and oxygen atoms in total. The SMILES string of the molecule is C#CCN1C(=O)N(Cc2nc3nc(F)ccc3[nH]2)CC1Cc1ccc(Cl)cc1Cl. The summed E-state index contributed by atoms with van der Waals surface area (Å²) in [7, 11) is 0. The van der Waals surface area contributed by atoms with E-state index in [4.69, 9.17) is 29.6 Å². The summed E-state index contributed by atoms with van der Waals surface area (Å²) >= 11 is 12.3. The van der Waals surface area contributed by atoms with Crippen LogP contribution in [0.2, 0.25) is 10.0 Å². The molecule has 1 atom stereocenters. The van der Waals surface area contributed by atoms with Crippen LogP contribution in [-0.2, 0) is 13.0 Å². The lowest BCUT2D eigenvalue weighted by molar-refractivity contribution is 0.189. The molecule has 0 saturated carbocycles. The molecule has 3 aromatic rings. The van der Waals surface area contributed by atoms with Crippen LogP contribution in [0.5, 0.6) is 0 Å². The van der Waals surface area contributed by atoms with E-state index in [1.54, 1.807) is 28.0 Å². The van der Waals surface area contributed by atoms with Gasteiger partial charge in [0.2, 0.25) is 5.95 Å². The first-order chi connectivity index (χ1) is 13.9. The highest BCUT2D eigenvalue weighted by atomic mass is 35.5. The minimum Gasteiger partial charge on any atom is -0.339 e. The molecular formula is C20H16Cl2FN5O. The number of amides is 2. The topological polar surface area (TPSA) is 65.1 Å². The molecule has 148 valence electrons. The van der Waals surface area contributed by atoms with Crippen LogP contribution in [0.3, 0.4) is 0 Å². The Morgan fingerprint density at radius 2 is 2.10 bits per heavy atom. The zero-order valence-corrected chi connectivity index (χ0v) is 16.7. The summed E-state index contributed by atoms with van der Waals surface area (Å²) in [6.45, 7) is 0.888. The van der Waals surface area contributed by atoms with E-state index in [9.17, 15) is 9.18 Å². The molecule has 1 aliphatic heterocycles. The summed E-state index contributed by atoms with van der Waals surface area (Å²) < 4.78 is 13.3. The number of fused-ring (bicyclic) bond motifs is 1. The van der Waals surface area contributed by atoms with Crippen LogP contribution >= 0.6 is 23.2 Å². The molecule has 3 heterocycles. The molecule has 1 aliphatic rings. The molecule has 29 heavy (non-hydrogen) atoms. The lowest BCUT2D eigenvalue weighted by atomic mass is 10.1. The number of carbonyl (C=O) groups is 1. The fraction of sp³-hybridized carbons (Fsp3) is 0.250. The molecular weight excluding hydrogens is 416 g/mol. The van der Waals surface area contributed by atoms with Gasteiger partial charge in [0.25, 0.3) is 0 Å². The quantitative estimate of drug-likeness (QED) is 0.492. The number of benzene rings is 1. The molecule has 0 spiro atoms. The van der Waals surface area contributed by atoms with E-state index in [0.29, 0.717) is 34.4 Å². The summed E-state index contributed by atoms with van der Waals surface area (Å²) in [6.07, 6.45) is 6.02. The highest BCUT2D eigenvalue weighted by Gasteiger charge is 2.37. The molecule has 2 aromatic heterocycles. The maximum atomic E-state index is 13.3. The van der Waals surface area contributed by atoms with E-state index in [1.165, 1.54) is 6.07 Å². The number of rotatable bonds is 5. The third-order valence-electron chi connectivity index (χ3n) is 4.82. The van der Waals surface area contributed by atoms with Crippen LogP contribution in [0.1, 0.15) is 11.4 Å². The second kappa shape index (κ2) is 7.90. The number of terminal acetylenes is 1. The van der Waals surface area contributed by atoms with Crippen molar-refractivity contribution < 1.29 is 9.18 Å². The number of halogens is 3. The highest BCUT2D eigenvalue weighted by molar-refractivity contribution is 6.35.